The van der Waals surface area contributed by atoms with E-state index in [1.807, 2.05) is 11.6 Å². The predicted molar refractivity (Wildman–Crippen MR) is 94.0 cm³/mol. The van der Waals surface area contributed by atoms with E-state index in [-0.39, 0.29) is 11.4 Å². The second-order valence-corrected chi connectivity index (χ2v) is 7.10. The molecule has 2 aliphatic rings. The minimum atomic E-state index is -0.398. The summed E-state index contributed by atoms with van der Waals surface area (Å²) in [6, 6.07) is 5.97. The van der Waals surface area contributed by atoms with E-state index in [4.69, 9.17) is 0 Å². The van der Waals surface area contributed by atoms with Gasteiger partial charge in [-0.25, -0.2) is 9.78 Å². The highest BCUT2D eigenvalue weighted by atomic mass is 16.2. The minimum absolute atomic E-state index is 0.0630. The molecule has 0 aliphatic carbocycles. The van der Waals surface area contributed by atoms with Crippen molar-refractivity contribution in [2.24, 2.45) is 7.05 Å². The highest BCUT2D eigenvalue weighted by Crippen LogP contribution is 2.34. The summed E-state index contributed by atoms with van der Waals surface area (Å²) in [4.78, 5) is 29.5. The fourth-order valence-corrected chi connectivity index (χ4v) is 3.57. The summed E-state index contributed by atoms with van der Waals surface area (Å²) in [5.41, 5.74) is 3.53. The van der Waals surface area contributed by atoms with Crippen molar-refractivity contribution < 1.29 is 9.59 Å². The lowest BCUT2D eigenvalue weighted by Crippen LogP contribution is -2.50. The van der Waals surface area contributed by atoms with Crippen LogP contribution >= 0.6 is 0 Å². The molecule has 1 fully saturated rings. The van der Waals surface area contributed by atoms with Gasteiger partial charge in [0.1, 0.15) is 11.6 Å². The van der Waals surface area contributed by atoms with E-state index in [0.29, 0.717) is 18.8 Å². The van der Waals surface area contributed by atoms with Gasteiger partial charge in [-0.15, -0.1) is 0 Å². The van der Waals surface area contributed by atoms with Gasteiger partial charge in [0, 0.05) is 37.7 Å². The number of carbonyl (C=O) groups excluding carboxylic acids is 2. The van der Waals surface area contributed by atoms with Crippen molar-refractivity contribution in [2.45, 2.75) is 32.4 Å². The molecule has 1 aromatic carbocycles. The van der Waals surface area contributed by atoms with Crippen LogP contribution in [0.1, 0.15) is 31.4 Å². The Labute approximate surface area is 146 Å². The van der Waals surface area contributed by atoms with Crippen LogP contribution in [0.2, 0.25) is 0 Å². The topological polar surface area (TPSA) is 79.3 Å². The average Bonchev–Trinajstić information content (AvgIpc) is 3.08. The molecular weight excluding hydrogens is 318 g/mol. The molecule has 25 heavy (non-hydrogen) atoms. The molecule has 0 spiro atoms. The molecule has 0 saturated carbocycles. The zero-order valence-corrected chi connectivity index (χ0v) is 14.6. The monoisotopic (exact) mass is 339 g/mol. The number of nitrogens with zero attached hydrogens (tertiary/aromatic N) is 3. The van der Waals surface area contributed by atoms with Gasteiger partial charge in [-0.2, -0.15) is 0 Å². The van der Waals surface area contributed by atoms with Crippen LogP contribution in [0.25, 0.3) is 11.4 Å². The molecule has 7 heteroatoms. The number of nitrogens with one attached hydrogen (secondary N) is 2. The molecule has 1 aromatic heterocycles. The first-order chi connectivity index (χ1) is 11.9. The van der Waals surface area contributed by atoms with E-state index in [1.54, 1.807) is 11.1 Å². The molecular formula is C18H21N5O2. The Morgan fingerprint density at radius 2 is 2.04 bits per heavy atom. The number of rotatable bonds is 2. The number of anilines is 1. The Bertz CT molecular complexity index is 884. The van der Waals surface area contributed by atoms with Crippen molar-refractivity contribution >= 4 is 17.8 Å². The van der Waals surface area contributed by atoms with Gasteiger partial charge in [-0.3, -0.25) is 15.0 Å². The Morgan fingerprint density at radius 1 is 1.24 bits per heavy atom. The predicted octanol–water partition coefficient (Wildman–Crippen LogP) is 1.87. The third kappa shape index (κ3) is 2.51. The number of hydrogen-bond acceptors (Lipinski definition) is 4. The summed E-state index contributed by atoms with van der Waals surface area (Å²) in [6.45, 7) is 5.57. The van der Waals surface area contributed by atoms with Crippen molar-refractivity contribution in [3.63, 3.8) is 0 Å². The van der Waals surface area contributed by atoms with Gasteiger partial charge in [0.15, 0.2) is 0 Å². The molecule has 2 aliphatic heterocycles. The number of carbonyl (C=O) groups is 2. The summed E-state index contributed by atoms with van der Waals surface area (Å²) >= 11 is 0. The summed E-state index contributed by atoms with van der Waals surface area (Å²) in [5.74, 6) is 1.24. The first kappa shape index (κ1) is 15.8. The third-order valence-electron chi connectivity index (χ3n) is 5.06. The number of urea groups is 1. The van der Waals surface area contributed by atoms with Crippen molar-refractivity contribution in [3.8, 4) is 11.4 Å². The van der Waals surface area contributed by atoms with Crippen molar-refractivity contribution in [1.29, 1.82) is 0 Å². The average molecular weight is 339 g/mol. The fourth-order valence-electron chi connectivity index (χ4n) is 3.57. The lowest BCUT2D eigenvalue weighted by Gasteiger charge is -2.26. The van der Waals surface area contributed by atoms with Crippen LogP contribution in [0.5, 0.6) is 0 Å². The molecule has 130 valence electrons. The number of aromatic nitrogens is 2. The molecule has 0 atom stereocenters. The van der Waals surface area contributed by atoms with Gasteiger partial charge in [-0.1, -0.05) is 12.1 Å². The number of imide groups is 1. The van der Waals surface area contributed by atoms with E-state index in [2.05, 4.69) is 47.7 Å². The maximum Gasteiger partial charge on any atom is 0.329 e. The van der Waals surface area contributed by atoms with Crippen molar-refractivity contribution in [3.05, 3.63) is 35.5 Å². The summed E-state index contributed by atoms with van der Waals surface area (Å²) in [5, 5.41) is 5.85. The van der Waals surface area contributed by atoms with E-state index in [9.17, 15) is 9.59 Å². The van der Waals surface area contributed by atoms with Gasteiger partial charge in [0.2, 0.25) is 5.91 Å². The zero-order chi connectivity index (χ0) is 17.8. The quantitative estimate of drug-likeness (QED) is 0.875. The molecule has 3 heterocycles. The van der Waals surface area contributed by atoms with Crippen LogP contribution in [0, 0.1) is 0 Å². The Balaban J connectivity index is 1.71. The molecule has 0 bridgehead atoms. The van der Waals surface area contributed by atoms with Crippen LogP contribution in [0.4, 0.5) is 10.6 Å². The lowest BCUT2D eigenvalue weighted by molar-refractivity contribution is -0.120. The highest BCUT2D eigenvalue weighted by molar-refractivity contribution is 6.05. The van der Waals surface area contributed by atoms with Gasteiger partial charge in [0.05, 0.1) is 6.20 Å². The van der Waals surface area contributed by atoms with Gasteiger partial charge in [-0.05, 0) is 31.0 Å². The second kappa shape index (κ2) is 5.42. The Morgan fingerprint density at radius 3 is 2.80 bits per heavy atom. The number of imidazole rings is 1. The molecule has 7 nitrogen and oxygen atoms in total. The van der Waals surface area contributed by atoms with E-state index >= 15 is 0 Å². The first-order valence-corrected chi connectivity index (χ1v) is 8.39. The van der Waals surface area contributed by atoms with E-state index in [1.165, 1.54) is 11.1 Å². The van der Waals surface area contributed by atoms with Crippen LogP contribution in [-0.2, 0) is 23.9 Å². The standard InChI is InChI=1S/C18H21N5O2/c1-18(2)13-8-11(4-5-12(13)9-20-18)16-19-10-15(22(16)3)23-7-6-14(24)21-17(23)25/h4-5,8,10,20H,6-7,9H2,1-3H3,(H,21,24,25). The van der Waals surface area contributed by atoms with Gasteiger partial charge < -0.3 is 9.88 Å². The molecule has 0 radical (unpaired) electrons. The van der Waals surface area contributed by atoms with Crippen LogP contribution in [-0.4, -0.2) is 28.0 Å². The number of fused-ring (bicyclic) bond motifs is 1. The van der Waals surface area contributed by atoms with E-state index in [0.717, 1.165) is 17.9 Å². The number of hydrogen-bond donors (Lipinski definition) is 2. The van der Waals surface area contributed by atoms with Gasteiger partial charge in [0.25, 0.3) is 0 Å². The summed E-state index contributed by atoms with van der Waals surface area (Å²) in [6.07, 6.45) is 1.98. The Hall–Kier alpha value is -2.67. The molecule has 1 saturated heterocycles. The Kier molecular flexibility index (Phi) is 3.43. The molecule has 2 N–H and O–H groups in total. The molecule has 3 amide bonds. The van der Waals surface area contributed by atoms with E-state index < -0.39 is 6.03 Å². The largest absolute Gasteiger partial charge is 0.329 e. The van der Waals surface area contributed by atoms with Crippen molar-refractivity contribution in [2.75, 3.05) is 11.4 Å². The second-order valence-electron chi connectivity index (χ2n) is 7.10. The fraction of sp³-hybridized carbons (Fsp3) is 0.389. The maximum atomic E-state index is 12.1. The summed E-state index contributed by atoms with van der Waals surface area (Å²) in [7, 11) is 1.89. The van der Waals surface area contributed by atoms with Crippen LogP contribution in [0.15, 0.2) is 24.4 Å². The molecule has 0 unspecified atom stereocenters. The lowest BCUT2D eigenvalue weighted by atomic mass is 9.93. The third-order valence-corrected chi connectivity index (χ3v) is 5.06. The normalized spacial score (nSPS) is 19.1. The number of benzene rings is 1. The number of amides is 3. The molecule has 2 aromatic rings. The van der Waals surface area contributed by atoms with Crippen LogP contribution < -0.4 is 15.5 Å². The van der Waals surface area contributed by atoms with Crippen molar-refractivity contribution in [1.82, 2.24) is 20.2 Å². The molecule has 4 rings (SSSR count). The summed E-state index contributed by atoms with van der Waals surface area (Å²) < 4.78 is 1.90. The first-order valence-electron chi connectivity index (χ1n) is 8.39. The SMILES string of the molecule is Cn1c(N2CCC(=O)NC2=O)cnc1-c1ccc2c(c1)C(C)(C)NC2. The maximum absolute atomic E-state index is 12.1. The van der Waals surface area contributed by atoms with Crippen LogP contribution in [0.3, 0.4) is 0 Å². The minimum Gasteiger partial charge on any atom is -0.314 e. The zero-order valence-electron chi connectivity index (χ0n) is 14.6. The highest BCUT2D eigenvalue weighted by Gasteiger charge is 2.30. The van der Waals surface area contributed by atoms with Gasteiger partial charge >= 0.3 is 6.03 Å². The smallest absolute Gasteiger partial charge is 0.314 e.